The fraction of sp³-hybridized carbons (Fsp3) is 0.300. The van der Waals surface area contributed by atoms with Crippen LogP contribution in [0.3, 0.4) is 0 Å². The molecular formula is C20H22N6O3S2. The Morgan fingerprint density at radius 3 is 2.55 bits per heavy atom. The van der Waals surface area contributed by atoms with Crippen molar-refractivity contribution in [3.63, 3.8) is 0 Å². The molecule has 0 spiro atoms. The molecule has 0 saturated heterocycles. The summed E-state index contributed by atoms with van der Waals surface area (Å²) in [4.78, 5) is 4.68. The Labute approximate surface area is 184 Å². The highest BCUT2D eigenvalue weighted by atomic mass is 32.2. The lowest BCUT2D eigenvalue weighted by atomic mass is 10.2. The van der Waals surface area contributed by atoms with E-state index in [1.54, 1.807) is 22.7 Å². The summed E-state index contributed by atoms with van der Waals surface area (Å²) in [5, 5.41) is 12.7. The molecule has 0 saturated carbocycles. The predicted molar refractivity (Wildman–Crippen MR) is 117 cm³/mol. The number of rotatable bonds is 8. The van der Waals surface area contributed by atoms with Crippen LogP contribution in [-0.4, -0.2) is 50.6 Å². The number of hydrogen-bond acceptors (Lipinski definition) is 8. The van der Waals surface area contributed by atoms with Crippen LogP contribution in [0, 0.1) is 0 Å². The topological polar surface area (TPSA) is 106 Å². The highest BCUT2D eigenvalue weighted by molar-refractivity contribution is 7.99. The standard InChI is InChI=1S/C20H22N6O3S2/c1-4-25(5-2)31(27,28)16-11-12-17-22-23-20(26(17)13-16)30-14(3)19-21-18(24-29-19)15-9-7-6-8-10-15/h6-14H,4-5H2,1-3H3. The molecule has 4 aromatic rings. The highest BCUT2D eigenvalue weighted by Gasteiger charge is 2.24. The van der Waals surface area contributed by atoms with Crippen LogP contribution in [0.15, 0.2) is 63.2 Å². The fourth-order valence-electron chi connectivity index (χ4n) is 3.11. The van der Waals surface area contributed by atoms with Gasteiger partial charge in [0, 0.05) is 24.8 Å². The van der Waals surface area contributed by atoms with Gasteiger partial charge < -0.3 is 4.52 Å². The first-order valence-corrected chi connectivity index (χ1v) is 12.2. The van der Waals surface area contributed by atoms with Gasteiger partial charge >= 0.3 is 0 Å². The third kappa shape index (κ3) is 4.21. The summed E-state index contributed by atoms with van der Waals surface area (Å²) in [5.74, 6) is 0.967. The smallest absolute Gasteiger partial charge is 0.244 e. The number of aromatic nitrogens is 5. The second kappa shape index (κ2) is 8.77. The maximum atomic E-state index is 12.9. The maximum Gasteiger partial charge on any atom is 0.244 e. The van der Waals surface area contributed by atoms with Crippen LogP contribution in [0.1, 0.15) is 31.9 Å². The Hall–Kier alpha value is -2.76. The Morgan fingerprint density at radius 2 is 1.84 bits per heavy atom. The van der Waals surface area contributed by atoms with E-state index in [0.717, 1.165) is 5.56 Å². The number of benzene rings is 1. The quantitative estimate of drug-likeness (QED) is 0.368. The monoisotopic (exact) mass is 458 g/mol. The van der Waals surface area contributed by atoms with Crippen LogP contribution in [-0.2, 0) is 10.0 Å². The van der Waals surface area contributed by atoms with E-state index in [9.17, 15) is 8.42 Å². The number of fused-ring (bicyclic) bond motifs is 1. The van der Waals surface area contributed by atoms with Gasteiger partial charge in [-0.05, 0) is 19.1 Å². The summed E-state index contributed by atoms with van der Waals surface area (Å²) in [6.45, 7) is 6.35. The van der Waals surface area contributed by atoms with Crippen LogP contribution < -0.4 is 0 Å². The SMILES string of the molecule is CCN(CC)S(=O)(=O)c1ccc2nnc(SC(C)c3nc(-c4ccccc4)no3)n2c1. The molecule has 162 valence electrons. The summed E-state index contributed by atoms with van der Waals surface area (Å²) in [5.41, 5.74) is 1.43. The van der Waals surface area contributed by atoms with Crippen LogP contribution in [0.2, 0.25) is 0 Å². The van der Waals surface area contributed by atoms with Gasteiger partial charge in [0.1, 0.15) is 0 Å². The van der Waals surface area contributed by atoms with E-state index in [1.165, 1.54) is 16.1 Å². The second-order valence-electron chi connectivity index (χ2n) is 6.75. The molecule has 3 heterocycles. The molecule has 0 amide bonds. The maximum absolute atomic E-state index is 12.9. The van der Waals surface area contributed by atoms with Crippen LogP contribution in [0.25, 0.3) is 17.0 Å². The fourth-order valence-corrected chi connectivity index (χ4v) is 5.43. The van der Waals surface area contributed by atoms with Gasteiger partial charge in [0.15, 0.2) is 10.8 Å². The molecule has 1 atom stereocenters. The normalized spacial score (nSPS) is 13.2. The summed E-state index contributed by atoms with van der Waals surface area (Å²) in [7, 11) is -3.59. The van der Waals surface area contributed by atoms with Crippen LogP contribution in [0.4, 0.5) is 0 Å². The zero-order valence-electron chi connectivity index (χ0n) is 17.3. The molecule has 9 nitrogen and oxygen atoms in total. The predicted octanol–water partition coefficient (Wildman–Crippen LogP) is 3.66. The van der Waals surface area contributed by atoms with Crippen molar-refractivity contribution < 1.29 is 12.9 Å². The number of sulfonamides is 1. The molecule has 1 aromatic carbocycles. The van der Waals surface area contributed by atoms with Crippen molar-refractivity contribution in [3.8, 4) is 11.4 Å². The van der Waals surface area contributed by atoms with Gasteiger partial charge in [0.2, 0.25) is 21.7 Å². The minimum absolute atomic E-state index is 0.196. The Bertz CT molecular complexity index is 1280. The molecule has 0 N–H and O–H groups in total. The van der Waals surface area contributed by atoms with E-state index >= 15 is 0 Å². The molecule has 0 aliphatic heterocycles. The number of nitrogens with zero attached hydrogens (tertiary/aromatic N) is 6. The molecule has 0 fully saturated rings. The van der Waals surface area contributed by atoms with Crippen LogP contribution in [0.5, 0.6) is 0 Å². The van der Waals surface area contributed by atoms with Crippen molar-refractivity contribution in [3.05, 3.63) is 54.6 Å². The van der Waals surface area contributed by atoms with Crippen molar-refractivity contribution in [2.24, 2.45) is 0 Å². The molecular weight excluding hydrogens is 436 g/mol. The first-order valence-electron chi connectivity index (χ1n) is 9.84. The van der Waals surface area contributed by atoms with Crippen molar-refractivity contribution in [2.75, 3.05) is 13.1 Å². The largest absolute Gasteiger partial charge is 0.338 e. The molecule has 31 heavy (non-hydrogen) atoms. The lowest BCUT2D eigenvalue weighted by molar-refractivity contribution is 0.380. The Morgan fingerprint density at radius 1 is 1.10 bits per heavy atom. The molecule has 11 heteroatoms. The van der Waals surface area contributed by atoms with E-state index in [1.807, 2.05) is 51.1 Å². The first kappa shape index (κ1) is 21.5. The molecule has 0 bridgehead atoms. The third-order valence-corrected chi connectivity index (χ3v) is 7.87. The summed E-state index contributed by atoms with van der Waals surface area (Å²) < 4.78 is 34.3. The minimum atomic E-state index is -3.59. The molecule has 0 aliphatic rings. The minimum Gasteiger partial charge on any atom is -0.338 e. The average Bonchev–Trinajstić information content (AvgIpc) is 3.42. The lowest BCUT2D eigenvalue weighted by Gasteiger charge is -2.18. The van der Waals surface area contributed by atoms with Gasteiger partial charge in [-0.25, -0.2) is 8.42 Å². The number of pyridine rings is 1. The van der Waals surface area contributed by atoms with E-state index in [2.05, 4.69) is 20.3 Å². The molecule has 0 aliphatic carbocycles. The van der Waals surface area contributed by atoms with Gasteiger partial charge in [-0.15, -0.1) is 10.2 Å². The summed E-state index contributed by atoms with van der Waals surface area (Å²) in [6.07, 6.45) is 1.56. The van der Waals surface area contributed by atoms with E-state index in [-0.39, 0.29) is 10.1 Å². The van der Waals surface area contributed by atoms with Crippen molar-refractivity contribution >= 4 is 27.4 Å². The first-order chi connectivity index (χ1) is 14.9. The summed E-state index contributed by atoms with van der Waals surface area (Å²) in [6, 6.07) is 12.8. The second-order valence-corrected chi connectivity index (χ2v) is 9.99. The molecule has 0 radical (unpaired) electrons. The number of thioether (sulfide) groups is 1. The van der Waals surface area contributed by atoms with Gasteiger partial charge in [0.25, 0.3) is 0 Å². The average molecular weight is 459 g/mol. The van der Waals surface area contributed by atoms with Crippen molar-refractivity contribution in [1.29, 1.82) is 0 Å². The van der Waals surface area contributed by atoms with Crippen LogP contribution >= 0.6 is 11.8 Å². The zero-order chi connectivity index (χ0) is 22.0. The third-order valence-electron chi connectivity index (χ3n) is 4.79. The van der Waals surface area contributed by atoms with E-state index in [4.69, 9.17) is 4.52 Å². The summed E-state index contributed by atoms with van der Waals surface area (Å²) >= 11 is 1.37. The molecule has 4 rings (SSSR count). The number of hydrogen-bond donors (Lipinski definition) is 0. The van der Waals surface area contributed by atoms with E-state index < -0.39 is 10.0 Å². The Kier molecular flexibility index (Phi) is 6.08. The van der Waals surface area contributed by atoms with Gasteiger partial charge in [-0.2, -0.15) is 9.29 Å². The molecule has 1 unspecified atom stereocenters. The zero-order valence-corrected chi connectivity index (χ0v) is 19.0. The van der Waals surface area contributed by atoms with Gasteiger partial charge in [-0.3, -0.25) is 4.40 Å². The van der Waals surface area contributed by atoms with E-state index in [0.29, 0.717) is 35.6 Å². The lowest BCUT2D eigenvalue weighted by Crippen LogP contribution is -2.30. The Balaban J connectivity index is 1.61. The van der Waals surface area contributed by atoms with Gasteiger partial charge in [0.05, 0.1) is 10.1 Å². The van der Waals surface area contributed by atoms with Crippen molar-refractivity contribution in [1.82, 2.24) is 29.0 Å². The molecule has 3 aromatic heterocycles. The van der Waals surface area contributed by atoms with Crippen molar-refractivity contribution in [2.45, 2.75) is 36.1 Å². The van der Waals surface area contributed by atoms with Gasteiger partial charge in [-0.1, -0.05) is 61.1 Å². The highest BCUT2D eigenvalue weighted by Crippen LogP contribution is 2.34.